The van der Waals surface area contributed by atoms with Crippen molar-refractivity contribution in [2.45, 2.75) is 26.2 Å². The summed E-state index contributed by atoms with van der Waals surface area (Å²) in [6, 6.07) is 3.76. The van der Waals surface area contributed by atoms with E-state index in [4.69, 9.17) is 4.74 Å². The number of benzene rings is 1. The molecule has 1 aliphatic carbocycles. The third kappa shape index (κ3) is 2.18. The predicted octanol–water partition coefficient (Wildman–Crippen LogP) is 3.09. The van der Waals surface area contributed by atoms with Crippen molar-refractivity contribution in [3.63, 3.8) is 0 Å². The number of aromatic amines is 1. The Bertz CT molecular complexity index is 657. The van der Waals surface area contributed by atoms with Gasteiger partial charge >= 0.3 is 0 Å². The fraction of sp³-hybridized carbons (Fsp3) is 0.312. The van der Waals surface area contributed by atoms with Crippen molar-refractivity contribution in [1.82, 2.24) is 9.97 Å². The zero-order chi connectivity index (χ0) is 14.1. The standard InChI is InChI=1S/C16H18N2O2/c1-10-11(5-13-8-17-9-18-13)3-4-12-6-16(20-2)15(19)7-14(10)12/h6-9,19H,3-5H2,1-2H3,(H,17,18). The van der Waals surface area contributed by atoms with Gasteiger partial charge in [-0.15, -0.1) is 0 Å². The van der Waals surface area contributed by atoms with Gasteiger partial charge in [-0.2, -0.15) is 0 Å². The second kappa shape index (κ2) is 5.04. The maximum Gasteiger partial charge on any atom is 0.160 e. The van der Waals surface area contributed by atoms with Gasteiger partial charge in [0.05, 0.1) is 13.4 Å². The zero-order valence-electron chi connectivity index (χ0n) is 11.7. The molecule has 0 bridgehead atoms. The first-order valence-electron chi connectivity index (χ1n) is 6.75. The second-order valence-electron chi connectivity index (χ2n) is 5.16. The molecule has 4 nitrogen and oxygen atoms in total. The molecule has 0 saturated carbocycles. The molecule has 1 aromatic heterocycles. The topological polar surface area (TPSA) is 58.1 Å². The van der Waals surface area contributed by atoms with Crippen LogP contribution in [0.15, 0.2) is 30.2 Å². The number of ether oxygens (including phenoxy) is 1. The number of hydrogen-bond donors (Lipinski definition) is 2. The van der Waals surface area contributed by atoms with Crippen molar-refractivity contribution in [2.75, 3.05) is 7.11 Å². The van der Waals surface area contributed by atoms with Crippen molar-refractivity contribution in [1.29, 1.82) is 0 Å². The minimum absolute atomic E-state index is 0.202. The van der Waals surface area contributed by atoms with Gasteiger partial charge in [-0.3, -0.25) is 0 Å². The van der Waals surface area contributed by atoms with Crippen LogP contribution in [0, 0.1) is 0 Å². The number of phenolic OH excluding ortho intramolecular Hbond substituents is 1. The molecular weight excluding hydrogens is 252 g/mol. The number of phenols is 1. The molecular formula is C16H18N2O2. The van der Waals surface area contributed by atoms with Crippen LogP contribution >= 0.6 is 0 Å². The monoisotopic (exact) mass is 270 g/mol. The van der Waals surface area contributed by atoms with Crippen molar-refractivity contribution in [3.05, 3.63) is 47.1 Å². The van der Waals surface area contributed by atoms with Crippen LogP contribution in [0.1, 0.15) is 30.2 Å². The summed E-state index contributed by atoms with van der Waals surface area (Å²) in [5.41, 5.74) is 6.14. The number of nitrogens with one attached hydrogen (secondary N) is 1. The highest BCUT2D eigenvalue weighted by Crippen LogP contribution is 2.38. The highest BCUT2D eigenvalue weighted by molar-refractivity contribution is 5.74. The van der Waals surface area contributed by atoms with Gasteiger partial charge in [-0.25, -0.2) is 4.98 Å². The number of nitrogens with zero attached hydrogens (tertiary/aromatic N) is 1. The van der Waals surface area contributed by atoms with Crippen LogP contribution in [-0.2, 0) is 12.8 Å². The molecule has 1 aromatic carbocycles. The summed E-state index contributed by atoms with van der Waals surface area (Å²) in [7, 11) is 1.58. The normalized spacial score (nSPS) is 14.3. The Morgan fingerprint density at radius 3 is 2.90 bits per heavy atom. The largest absolute Gasteiger partial charge is 0.504 e. The maximum absolute atomic E-state index is 9.96. The minimum Gasteiger partial charge on any atom is -0.504 e. The summed E-state index contributed by atoms with van der Waals surface area (Å²) in [5, 5.41) is 9.96. The van der Waals surface area contributed by atoms with Gasteiger partial charge in [0.15, 0.2) is 11.5 Å². The molecule has 0 unspecified atom stereocenters. The molecule has 4 heteroatoms. The number of fused-ring (bicyclic) bond motifs is 1. The van der Waals surface area contributed by atoms with E-state index in [0.29, 0.717) is 5.75 Å². The minimum atomic E-state index is 0.202. The molecule has 0 aliphatic heterocycles. The van der Waals surface area contributed by atoms with Crippen molar-refractivity contribution < 1.29 is 9.84 Å². The molecule has 0 atom stereocenters. The lowest BCUT2D eigenvalue weighted by Crippen LogP contribution is -2.06. The Balaban J connectivity index is 1.99. The average molecular weight is 270 g/mol. The first-order chi connectivity index (χ1) is 9.69. The Morgan fingerprint density at radius 1 is 1.35 bits per heavy atom. The predicted molar refractivity (Wildman–Crippen MR) is 77.9 cm³/mol. The average Bonchev–Trinajstić information content (AvgIpc) is 2.95. The van der Waals surface area contributed by atoms with Crippen LogP contribution in [0.5, 0.6) is 11.5 Å². The molecule has 1 heterocycles. The first kappa shape index (κ1) is 12.8. The van der Waals surface area contributed by atoms with Crippen LogP contribution in [0.4, 0.5) is 0 Å². The SMILES string of the molecule is COc1cc2c(cc1O)C(C)=C(Cc1cnc[nH]1)CC2. The summed E-state index contributed by atoms with van der Waals surface area (Å²) >= 11 is 0. The zero-order valence-corrected chi connectivity index (χ0v) is 11.7. The molecule has 0 saturated heterocycles. The van der Waals surface area contributed by atoms with Crippen LogP contribution in [0.25, 0.3) is 5.57 Å². The Labute approximate surface area is 118 Å². The fourth-order valence-corrected chi connectivity index (χ4v) is 2.83. The number of hydrogen-bond acceptors (Lipinski definition) is 3. The quantitative estimate of drug-likeness (QED) is 0.901. The first-order valence-corrected chi connectivity index (χ1v) is 6.75. The summed E-state index contributed by atoms with van der Waals surface area (Å²) in [5.74, 6) is 0.752. The van der Waals surface area contributed by atoms with Crippen LogP contribution in [0.2, 0.25) is 0 Å². The molecule has 3 rings (SSSR count). The highest BCUT2D eigenvalue weighted by Gasteiger charge is 2.19. The second-order valence-corrected chi connectivity index (χ2v) is 5.16. The number of rotatable bonds is 3. The number of aromatic nitrogens is 2. The molecule has 0 radical (unpaired) electrons. The number of imidazole rings is 1. The Morgan fingerprint density at radius 2 is 2.20 bits per heavy atom. The highest BCUT2D eigenvalue weighted by atomic mass is 16.5. The third-order valence-electron chi connectivity index (χ3n) is 3.99. The van der Waals surface area contributed by atoms with E-state index in [2.05, 4.69) is 16.9 Å². The number of allylic oxidation sites excluding steroid dienone is 2. The third-order valence-corrected chi connectivity index (χ3v) is 3.99. The van der Waals surface area contributed by atoms with Crippen LogP contribution in [-0.4, -0.2) is 22.2 Å². The van der Waals surface area contributed by atoms with Crippen LogP contribution < -0.4 is 4.74 Å². The van der Waals surface area contributed by atoms with Crippen molar-refractivity contribution >= 4 is 5.57 Å². The molecule has 104 valence electrons. The number of aromatic hydroxyl groups is 1. The molecule has 2 N–H and O–H groups in total. The van der Waals surface area contributed by atoms with E-state index in [1.165, 1.54) is 16.7 Å². The molecule has 0 fully saturated rings. The van der Waals surface area contributed by atoms with Gasteiger partial charge in [-0.1, -0.05) is 5.57 Å². The van der Waals surface area contributed by atoms with Gasteiger partial charge < -0.3 is 14.8 Å². The maximum atomic E-state index is 9.96. The van der Waals surface area contributed by atoms with E-state index in [1.54, 1.807) is 13.4 Å². The Kier molecular flexibility index (Phi) is 3.22. The number of methoxy groups -OCH3 is 1. The van der Waals surface area contributed by atoms with E-state index in [1.807, 2.05) is 18.3 Å². The van der Waals surface area contributed by atoms with Crippen molar-refractivity contribution in [3.8, 4) is 11.5 Å². The number of H-pyrrole nitrogens is 1. The molecule has 0 amide bonds. The van der Waals surface area contributed by atoms with E-state index in [9.17, 15) is 5.11 Å². The van der Waals surface area contributed by atoms with Gasteiger partial charge in [-0.05, 0) is 48.6 Å². The fourth-order valence-electron chi connectivity index (χ4n) is 2.83. The van der Waals surface area contributed by atoms with E-state index < -0.39 is 0 Å². The van der Waals surface area contributed by atoms with Crippen molar-refractivity contribution in [2.24, 2.45) is 0 Å². The molecule has 2 aromatic rings. The van der Waals surface area contributed by atoms with Gasteiger partial charge in [0.25, 0.3) is 0 Å². The van der Waals surface area contributed by atoms with E-state index in [0.717, 1.165) is 30.5 Å². The summed E-state index contributed by atoms with van der Waals surface area (Å²) < 4.78 is 5.18. The van der Waals surface area contributed by atoms with E-state index in [-0.39, 0.29) is 5.75 Å². The van der Waals surface area contributed by atoms with Gasteiger partial charge in [0.2, 0.25) is 0 Å². The smallest absolute Gasteiger partial charge is 0.160 e. The van der Waals surface area contributed by atoms with Gasteiger partial charge in [0.1, 0.15) is 0 Å². The lowest BCUT2D eigenvalue weighted by atomic mass is 9.84. The summed E-state index contributed by atoms with van der Waals surface area (Å²) in [4.78, 5) is 7.20. The molecule has 1 aliphatic rings. The molecule has 20 heavy (non-hydrogen) atoms. The number of aryl methyl sites for hydroxylation is 1. The molecule has 0 spiro atoms. The van der Waals surface area contributed by atoms with E-state index >= 15 is 0 Å². The lowest BCUT2D eigenvalue weighted by molar-refractivity contribution is 0.372. The summed E-state index contributed by atoms with van der Waals surface area (Å²) in [6.07, 6.45) is 6.47. The lowest BCUT2D eigenvalue weighted by Gasteiger charge is -2.22. The van der Waals surface area contributed by atoms with Crippen LogP contribution in [0.3, 0.4) is 0 Å². The Hall–Kier alpha value is -2.23. The van der Waals surface area contributed by atoms with Gasteiger partial charge in [0, 0.05) is 18.3 Å². The summed E-state index contributed by atoms with van der Waals surface area (Å²) in [6.45, 7) is 2.12.